The van der Waals surface area contributed by atoms with Crippen LogP contribution in [0.1, 0.15) is 12.8 Å². The van der Waals surface area contributed by atoms with E-state index in [0.29, 0.717) is 0 Å². The molecule has 1 radical (unpaired) electrons. The van der Waals surface area contributed by atoms with Gasteiger partial charge in [-0.25, -0.2) is 0 Å². The van der Waals surface area contributed by atoms with E-state index < -0.39 is 0 Å². The fourth-order valence-electron chi connectivity index (χ4n) is 1.27. The van der Waals surface area contributed by atoms with Gasteiger partial charge in [-0.05, 0) is 12.8 Å². The van der Waals surface area contributed by atoms with E-state index in [9.17, 15) is 0 Å². The largest absolute Gasteiger partial charge is 0.331 e. The van der Waals surface area contributed by atoms with Crippen LogP contribution in [-0.2, 0) is 0 Å². The van der Waals surface area contributed by atoms with Crippen LogP contribution in [0.3, 0.4) is 0 Å². The molecule has 0 spiro atoms. The second-order valence-corrected chi connectivity index (χ2v) is 2.52. The summed E-state index contributed by atoms with van der Waals surface area (Å²) in [5.74, 6) is 0. The van der Waals surface area contributed by atoms with Gasteiger partial charge in [0, 0.05) is 22.8 Å². The van der Waals surface area contributed by atoms with Crippen LogP contribution in [0.4, 0.5) is 0 Å². The van der Waals surface area contributed by atoms with E-state index in [4.69, 9.17) is 0 Å². The minimum Gasteiger partial charge on any atom is -0.331 e. The van der Waals surface area contributed by atoms with Crippen molar-refractivity contribution in [2.24, 2.45) is 0 Å². The van der Waals surface area contributed by atoms with E-state index in [1.54, 1.807) is 0 Å². The highest BCUT2D eigenvalue weighted by atomic mass is 15.0. The standard InChI is InChI=1S/C8H10N2/c1-2-4-8-7(3-1)5-9-6-10-8/h2,4-5,9H,1,3,6H2/q+1. The molecule has 0 saturated heterocycles. The van der Waals surface area contributed by atoms with Crippen LogP contribution in [0, 0.1) is 0 Å². The quantitative estimate of drug-likeness (QED) is 0.514. The molecule has 0 fully saturated rings. The third kappa shape index (κ3) is 0.856. The summed E-state index contributed by atoms with van der Waals surface area (Å²) >= 11 is 0. The third-order valence-corrected chi connectivity index (χ3v) is 1.80. The Hall–Kier alpha value is -1.05. The predicted octanol–water partition coefficient (Wildman–Crippen LogP) is 0.558. The number of allylic oxidation sites excluding steroid dienone is 3. The lowest BCUT2D eigenvalue weighted by Crippen LogP contribution is -2.26. The zero-order chi connectivity index (χ0) is 6.81. The Bertz CT molecular complexity index is 223. The topological polar surface area (TPSA) is 26.1 Å². The fourth-order valence-corrected chi connectivity index (χ4v) is 1.27. The second kappa shape index (κ2) is 2.29. The number of hydrogen-bond donors (Lipinski definition) is 1. The highest BCUT2D eigenvalue weighted by molar-refractivity contribution is 6.08. The van der Waals surface area contributed by atoms with Gasteiger partial charge in [0.1, 0.15) is 0 Å². The van der Waals surface area contributed by atoms with Crippen molar-refractivity contribution >= 4 is 5.71 Å². The number of nitrogens with zero attached hydrogens (tertiary/aromatic N) is 1. The first kappa shape index (κ1) is 5.71. The summed E-state index contributed by atoms with van der Waals surface area (Å²) in [6.07, 6.45) is 8.67. The smallest absolute Gasteiger partial charge is 0.283 e. The van der Waals surface area contributed by atoms with Gasteiger partial charge in [0.15, 0.2) is 0 Å². The van der Waals surface area contributed by atoms with E-state index in [2.05, 4.69) is 28.7 Å². The minimum atomic E-state index is 0.739. The summed E-state index contributed by atoms with van der Waals surface area (Å²) in [7, 11) is 0. The molecular weight excluding hydrogens is 124 g/mol. The molecule has 1 aliphatic carbocycles. The molecular formula is C8H10N2+. The molecule has 2 rings (SSSR count). The number of rotatable bonds is 0. The average molecular weight is 134 g/mol. The van der Waals surface area contributed by atoms with E-state index in [1.165, 1.54) is 11.3 Å². The van der Waals surface area contributed by atoms with Gasteiger partial charge < -0.3 is 5.32 Å². The van der Waals surface area contributed by atoms with Gasteiger partial charge in [0.25, 0.3) is 12.4 Å². The first-order chi connectivity index (χ1) is 4.97. The second-order valence-electron chi connectivity index (χ2n) is 2.52. The van der Waals surface area contributed by atoms with Crippen LogP contribution >= 0.6 is 0 Å². The first-order valence-corrected chi connectivity index (χ1v) is 3.60. The van der Waals surface area contributed by atoms with Crippen LogP contribution in [0.25, 0.3) is 0 Å². The molecule has 2 nitrogen and oxygen atoms in total. The summed E-state index contributed by atoms with van der Waals surface area (Å²) in [4.78, 5) is 4.30. The van der Waals surface area contributed by atoms with Gasteiger partial charge in [-0.2, -0.15) is 0 Å². The molecule has 2 aliphatic rings. The molecule has 1 aliphatic heterocycles. The van der Waals surface area contributed by atoms with Gasteiger partial charge in [0.05, 0.1) is 0 Å². The molecule has 1 N–H and O–H groups in total. The van der Waals surface area contributed by atoms with Crippen molar-refractivity contribution in [2.45, 2.75) is 12.8 Å². The Labute approximate surface area is 60.3 Å². The third-order valence-electron chi connectivity index (χ3n) is 1.80. The molecule has 0 saturated carbocycles. The highest BCUT2D eigenvalue weighted by Gasteiger charge is 2.19. The van der Waals surface area contributed by atoms with Crippen molar-refractivity contribution in [3.63, 3.8) is 0 Å². The molecule has 0 amide bonds. The Morgan fingerprint density at radius 2 is 2.50 bits per heavy atom. The maximum Gasteiger partial charge on any atom is 0.283 e. The molecule has 51 valence electrons. The van der Waals surface area contributed by atoms with Crippen molar-refractivity contribution in [3.8, 4) is 0 Å². The van der Waals surface area contributed by atoms with E-state index >= 15 is 0 Å². The number of aliphatic imine (C=N–C) groups is 1. The van der Waals surface area contributed by atoms with Crippen molar-refractivity contribution in [1.82, 2.24) is 10.3 Å². The maximum atomic E-state index is 4.30. The molecule has 0 aromatic rings. The Balaban J connectivity index is 2.33. The molecule has 0 aromatic heterocycles. The van der Waals surface area contributed by atoms with E-state index in [-0.39, 0.29) is 0 Å². The van der Waals surface area contributed by atoms with Crippen LogP contribution in [0.2, 0.25) is 0 Å². The lowest BCUT2D eigenvalue weighted by molar-refractivity contribution is 0.788. The van der Waals surface area contributed by atoms with Crippen molar-refractivity contribution in [2.75, 3.05) is 6.67 Å². The monoisotopic (exact) mass is 134 g/mol. The lowest BCUT2D eigenvalue weighted by Gasteiger charge is -2.07. The minimum absolute atomic E-state index is 0.739. The predicted molar refractivity (Wildman–Crippen MR) is 41.6 cm³/mol. The summed E-state index contributed by atoms with van der Waals surface area (Å²) in [5.41, 5.74) is 2.53. The highest BCUT2D eigenvalue weighted by Crippen LogP contribution is 2.13. The molecule has 0 unspecified atom stereocenters. The Kier molecular flexibility index (Phi) is 1.31. The van der Waals surface area contributed by atoms with E-state index in [0.717, 1.165) is 19.5 Å². The van der Waals surface area contributed by atoms with Gasteiger partial charge in [-0.15, -0.1) is 0 Å². The normalized spacial score (nSPS) is 22.4. The molecule has 2 heteroatoms. The van der Waals surface area contributed by atoms with Crippen molar-refractivity contribution < 1.29 is 0 Å². The van der Waals surface area contributed by atoms with E-state index in [1.807, 2.05) is 0 Å². The van der Waals surface area contributed by atoms with Crippen LogP contribution < -0.4 is 10.3 Å². The zero-order valence-corrected chi connectivity index (χ0v) is 5.80. The van der Waals surface area contributed by atoms with Crippen LogP contribution in [0.5, 0.6) is 0 Å². The Morgan fingerprint density at radius 1 is 1.50 bits per heavy atom. The maximum absolute atomic E-state index is 4.30. The Morgan fingerprint density at radius 3 is 3.40 bits per heavy atom. The van der Waals surface area contributed by atoms with Gasteiger partial charge in [0.2, 0.25) is 0 Å². The summed E-state index contributed by atoms with van der Waals surface area (Å²) in [6.45, 7) is 0.739. The first-order valence-electron chi connectivity index (χ1n) is 3.60. The van der Waals surface area contributed by atoms with Gasteiger partial charge in [-0.3, -0.25) is 0 Å². The number of nitrogens with one attached hydrogen (secondary N) is 1. The van der Waals surface area contributed by atoms with Crippen molar-refractivity contribution in [3.05, 3.63) is 23.9 Å². The van der Waals surface area contributed by atoms with Gasteiger partial charge in [-0.1, -0.05) is 6.08 Å². The number of fused-ring (bicyclic) bond motifs is 1. The summed E-state index contributed by atoms with van der Waals surface area (Å²) < 4.78 is 0. The van der Waals surface area contributed by atoms with Crippen molar-refractivity contribution in [1.29, 1.82) is 0 Å². The SMILES string of the molecule is C1=CC2=[N+]CNC=C2CC1. The summed E-state index contributed by atoms with van der Waals surface area (Å²) in [5, 5.41) is 3.10. The average Bonchev–Trinajstić information content (AvgIpc) is 2.05. The number of hydrogen-bond acceptors (Lipinski definition) is 2. The zero-order valence-electron chi connectivity index (χ0n) is 5.80. The van der Waals surface area contributed by atoms with Crippen LogP contribution in [0.15, 0.2) is 23.9 Å². The molecule has 0 bridgehead atoms. The van der Waals surface area contributed by atoms with Gasteiger partial charge >= 0.3 is 0 Å². The molecule has 10 heavy (non-hydrogen) atoms. The lowest BCUT2D eigenvalue weighted by atomic mass is 9.99. The molecule has 1 heterocycles. The summed E-state index contributed by atoms with van der Waals surface area (Å²) in [6, 6.07) is 0. The molecule has 0 atom stereocenters. The fraction of sp³-hybridized carbons (Fsp3) is 0.375. The molecule has 0 aromatic carbocycles. The van der Waals surface area contributed by atoms with Crippen LogP contribution in [-0.4, -0.2) is 12.4 Å².